The summed E-state index contributed by atoms with van der Waals surface area (Å²) in [6.07, 6.45) is 0.513. The largest absolute Gasteiger partial charge is 0.393 e. The summed E-state index contributed by atoms with van der Waals surface area (Å²) in [6, 6.07) is 9.45. The molecule has 1 aromatic carbocycles. The predicted molar refractivity (Wildman–Crippen MR) is 89.4 cm³/mol. The van der Waals surface area contributed by atoms with Gasteiger partial charge < -0.3 is 10.6 Å². The van der Waals surface area contributed by atoms with Crippen LogP contribution in [0.5, 0.6) is 0 Å². The van der Waals surface area contributed by atoms with E-state index in [1.807, 2.05) is 44.2 Å². The van der Waals surface area contributed by atoms with Crippen LogP contribution in [0.25, 0.3) is 10.9 Å². The number of nitrogens with two attached hydrogens (primary N) is 1. The second-order valence-corrected chi connectivity index (χ2v) is 5.79. The number of aromatic nitrogens is 1. The average molecular weight is 301 g/mol. The highest BCUT2D eigenvalue weighted by molar-refractivity contribution is 7.80. The molecule has 5 heteroatoms. The van der Waals surface area contributed by atoms with E-state index in [0.29, 0.717) is 17.0 Å². The lowest BCUT2D eigenvalue weighted by Crippen LogP contribution is -2.37. The van der Waals surface area contributed by atoms with Gasteiger partial charge in [-0.1, -0.05) is 30.4 Å². The molecule has 0 saturated heterocycles. The lowest BCUT2D eigenvalue weighted by molar-refractivity contribution is 0.0750. The van der Waals surface area contributed by atoms with Gasteiger partial charge in [0.1, 0.15) is 0 Å². The van der Waals surface area contributed by atoms with Crippen LogP contribution in [0.4, 0.5) is 0 Å². The van der Waals surface area contributed by atoms with Gasteiger partial charge in [-0.3, -0.25) is 9.78 Å². The van der Waals surface area contributed by atoms with Crippen molar-refractivity contribution in [3.8, 4) is 0 Å². The van der Waals surface area contributed by atoms with Crippen molar-refractivity contribution in [2.45, 2.75) is 26.3 Å². The molecule has 0 saturated carbocycles. The topological polar surface area (TPSA) is 59.2 Å². The van der Waals surface area contributed by atoms with Gasteiger partial charge >= 0.3 is 0 Å². The van der Waals surface area contributed by atoms with Crippen molar-refractivity contribution in [3.05, 3.63) is 41.6 Å². The Balaban J connectivity index is 2.41. The van der Waals surface area contributed by atoms with Crippen LogP contribution < -0.4 is 5.73 Å². The number of hydrogen-bond donors (Lipinski definition) is 1. The van der Waals surface area contributed by atoms with E-state index in [4.69, 9.17) is 18.0 Å². The van der Waals surface area contributed by atoms with Crippen molar-refractivity contribution in [1.82, 2.24) is 9.88 Å². The van der Waals surface area contributed by atoms with E-state index < -0.39 is 0 Å². The second-order valence-electron chi connectivity index (χ2n) is 5.26. The first-order valence-electron chi connectivity index (χ1n) is 6.82. The third-order valence-corrected chi connectivity index (χ3v) is 3.72. The van der Waals surface area contributed by atoms with Crippen LogP contribution in [-0.4, -0.2) is 33.9 Å². The van der Waals surface area contributed by atoms with Crippen molar-refractivity contribution in [2.24, 2.45) is 5.73 Å². The summed E-state index contributed by atoms with van der Waals surface area (Å²) in [6.45, 7) is 3.83. The number of fused-ring (bicyclic) bond motifs is 1. The fourth-order valence-corrected chi connectivity index (χ4v) is 2.54. The van der Waals surface area contributed by atoms with Gasteiger partial charge in [0.15, 0.2) is 0 Å². The van der Waals surface area contributed by atoms with Crippen molar-refractivity contribution in [2.75, 3.05) is 7.05 Å². The number of benzene rings is 1. The van der Waals surface area contributed by atoms with Crippen LogP contribution in [0, 0.1) is 6.92 Å². The molecule has 0 fully saturated rings. The molecule has 2 rings (SSSR count). The van der Waals surface area contributed by atoms with Crippen molar-refractivity contribution >= 4 is 34.0 Å². The highest BCUT2D eigenvalue weighted by Gasteiger charge is 2.20. The summed E-state index contributed by atoms with van der Waals surface area (Å²) in [7, 11) is 1.77. The Hall–Kier alpha value is -2.01. The maximum Gasteiger partial charge on any atom is 0.254 e. The molecular weight excluding hydrogens is 282 g/mol. The number of nitrogens with zero attached hydrogens (tertiary/aromatic N) is 2. The summed E-state index contributed by atoms with van der Waals surface area (Å²) in [5, 5.41) is 0.863. The number of thiocarbonyl (C=S) groups is 1. The monoisotopic (exact) mass is 301 g/mol. The molecule has 2 aromatic rings. The fourth-order valence-electron chi connectivity index (χ4n) is 2.30. The van der Waals surface area contributed by atoms with E-state index in [-0.39, 0.29) is 11.9 Å². The standard InChI is InChI=1S/C16H19N3OS/c1-10-8-13(12-6-4-5-7-14(12)18-10)16(20)19(3)11(2)9-15(17)21/h4-8,11H,9H2,1-3H3,(H2,17,21). The Labute approximate surface area is 130 Å². The van der Waals surface area contributed by atoms with Gasteiger partial charge in [0.05, 0.1) is 16.1 Å². The average Bonchev–Trinajstić information content (AvgIpc) is 2.44. The Morgan fingerprint density at radius 1 is 1.43 bits per heavy atom. The zero-order chi connectivity index (χ0) is 15.6. The summed E-state index contributed by atoms with van der Waals surface area (Å²) >= 11 is 4.92. The molecule has 4 nitrogen and oxygen atoms in total. The van der Waals surface area contributed by atoms with Gasteiger partial charge in [-0.25, -0.2) is 0 Å². The van der Waals surface area contributed by atoms with Gasteiger partial charge in [-0.2, -0.15) is 0 Å². The SMILES string of the molecule is Cc1cc(C(=O)N(C)C(C)CC(N)=S)c2ccccc2n1. The van der Waals surface area contributed by atoms with Crippen LogP contribution >= 0.6 is 12.2 Å². The molecule has 0 bridgehead atoms. The Bertz CT molecular complexity index is 699. The molecule has 0 aliphatic rings. The van der Waals surface area contributed by atoms with Crippen molar-refractivity contribution in [3.63, 3.8) is 0 Å². The summed E-state index contributed by atoms with van der Waals surface area (Å²) in [4.78, 5) is 19.3. The first-order valence-corrected chi connectivity index (χ1v) is 7.23. The molecule has 0 radical (unpaired) electrons. The molecule has 0 spiro atoms. The number of pyridine rings is 1. The summed E-state index contributed by atoms with van der Waals surface area (Å²) in [5.74, 6) is -0.0412. The van der Waals surface area contributed by atoms with E-state index in [1.54, 1.807) is 11.9 Å². The molecular formula is C16H19N3OS. The Morgan fingerprint density at radius 2 is 2.10 bits per heavy atom. The van der Waals surface area contributed by atoms with Crippen molar-refractivity contribution < 1.29 is 4.79 Å². The third-order valence-electron chi connectivity index (χ3n) is 3.55. The first-order chi connectivity index (χ1) is 9.90. The zero-order valence-electron chi connectivity index (χ0n) is 12.5. The van der Waals surface area contributed by atoms with Gasteiger partial charge in [0.25, 0.3) is 5.91 Å². The predicted octanol–water partition coefficient (Wildman–Crippen LogP) is 2.68. The minimum atomic E-state index is -0.0412. The zero-order valence-corrected chi connectivity index (χ0v) is 13.3. The lowest BCUT2D eigenvalue weighted by Gasteiger charge is -2.25. The van der Waals surface area contributed by atoms with Crippen LogP contribution in [0.2, 0.25) is 0 Å². The number of carbonyl (C=O) groups excluding carboxylic acids is 1. The Morgan fingerprint density at radius 3 is 2.76 bits per heavy atom. The molecule has 21 heavy (non-hydrogen) atoms. The summed E-state index contributed by atoms with van der Waals surface area (Å²) < 4.78 is 0. The number of hydrogen-bond acceptors (Lipinski definition) is 3. The fraction of sp³-hybridized carbons (Fsp3) is 0.312. The minimum absolute atomic E-state index is 0.0396. The molecule has 1 aromatic heterocycles. The lowest BCUT2D eigenvalue weighted by atomic mass is 10.1. The number of amides is 1. The maximum absolute atomic E-state index is 12.7. The molecule has 2 N–H and O–H groups in total. The molecule has 0 aliphatic carbocycles. The molecule has 1 atom stereocenters. The number of aryl methyl sites for hydroxylation is 1. The van der Waals surface area contributed by atoms with E-state index >= 15 is 0 Å². The van der Waals surface area contributed by atoms with Gasteiger partial charge in [0.2, 0.25) is 0 Å². The smallest absolute Gasteiger partial charge is 0.254 e. The minimum Gasteiger partial charge on any atom is -0.393 e. The van der Waals surface area contributed by atoms with Crippen LogP contribution in [0.3, 0.4) is 0 Å². The molecule has 110 valence electrons. The normalized spacial score (nSPS) is 12.1. The molecule has 0 aliphatic heterocycles. The van der Waals surface area contributed by atoms with E-state index in [9.17, 15) is 4.79 Å². The van der Waals surface area contributed by atoms with Crippen LogP contribution in [0.15, 0.2) is 30.3 Å². The van der Waals surface area contributed by atoms with E-state index in [2.05, 4.69) is 4.98 Å². The third kappa shape index (κ3) is 3.36. The van der Waals surface area contributed by atoms with Gasteiger partial charge in [0, 0.05) is 30.6 Å². The van der Waals surface area contributed by atoms with Crippen LogP contribution in [-0.2, 0) is 0 Å². The van der Waals surface area contributed by atoms with Gasteiger partial charge in [-0.15, -0.1) is 0 Å². The molecule has 1 unspecified atom stereocenters. The van der Waals surface area contributed by atoms with Crippen molar-refractivity contribution in [1.29, 1.82) is 0 Å². The van der Waals surface area contributed by atoms with E-state index in [1.165, 1.54) is 0 Å². The molecule has 1 heterocycles. The van der Waals surface area contributed by atoms with Gasteiger partial charge in [-0.05, 0) is 26.0 Å². The highest BCUT2D eigenvalue weighted by Crippen LogP contribution is 2.20. The number of carbonyl (C=O) groups is 1. The second kappa shape index (κ2) is 6.18. The maximum atomic E-state index is 12.7. The number of para-hydroxylation sites is 1. The quantitative estimate of drug-likeness (QED) is 0.882. The Kier molecular flexibility index (Phi) is 4.53. The van der Waals surface area contributed by atoms with E-state index in [0.717, 1.165) is 16.6 Å². The highest BCUT2D eigenvalue weighted by atomic mass is 32.1. The molecule has 1 amide bonds. The number of rotatable bonds is 4. The van der Waals surface area contributed by atoms with Crippen LogP contribution in [0.1, 0.15) is 29.4 Å². The first kappa shape index (κ1) is 15.4. The summed E-state index contributed by atoms with van der Waals surface area (Å²) in [5.41, 5.74) is 7.89.